The van der Waals surface area contributed by atoms with E-state index < -0.39 is 11.9 Å². The van der Waals surface area contributed by atoms with E-state index >= 15 is 0 Å². The van der Waals surface area contributed by atoms with E-state index in [0.29, 0.717) is 5.69 Å². The minimum Gasteiger partial charge on any atom is -0.462 e. The van der Waals surface area contributed by atoms with Crippen LogP contribution in [0.1, 0.15) is 5.56 Å². The summed E-state index contributed by atoms with van der Waals surface area (Å²) in [6.45, 7) is 1.86. The number of anilines is 1. The van der Waals surface area contributed by atoms with Crippen LogP contribution in [0.15, 0.2) is 22.7 Å². The van der Waals surface area contributed by atoms with Crippen molar-refractivity contribution in [3.63, 3.8) is 0 Å². The molecule has 1 amide bonds. The number of methoxy groups -OCH3 is 1. The van der Waals surface area contributed by atoms with Gasteiger partial charge in [0.2, 0.25) is 0 Å². The van der Waals surface area contributed by atoms with Crippen LogP contribution in [0.25, 0.3) is 0 Å². The van der Waals surface area contributed by atoms with Gasteiger partial charge in [-0.3, -0.25) is 4.79 Å². The summed E-state index contributed by atoms with van der Waals surface area (Å²) in [6.07, 6.45) is 0. The molecule has 0 unspecified atom stereocenters. The highest BCUT2D eigenvalue weighted by Crippen LogP contribution is 2.23. The first-order valence-electron chi connectivity index (χ1n) is 4.59. The molecule has 86 valence electrons. The summed E-state index contributed by atoms with van der Waals surface area (Å²) < 4.78 is 5.23. The Labute approximate surface area is 102 Å². The zero-order valence-corrected chi connectivity index (χ0v) is 10.9. The first-order valence-corrected chi connectivity index (χ1v) is 5.39. The molecule has 0 saturated carbocycles. The van der Waals surface area contributed by atoms with Gasteiger partial charge in [-0.2, -0.15) is 0 Å². The predicted molar refractivity (Wildman–Crippen MR) is 64.3 cm³/mol. The molecule has 0 radical (unpaired) electrons. The summed E-state index contributed by atoms with van der Waals surface area (Å²) in [5, 5.41) is 0. The Kier molecular flexibility index (Phi) is 4.06. The third-order valence-corrected chi connectivity index (χ3v) is 2.69. The minimum absolute atomic E-state index is 0.671. The van der Waals surface area contributed by atoms with Crippen molar-refractivity contribution >= 4 is 33.5 Å². The van der Waals surface area contributed by atoms with Gasteiger partial charge < -0.3 is 9.64 Å². The quantitative estimate of drug-likeness (QED) is 0.585. The largest absolute Gasteiger partial charge is 0.462 e. The Morgan fingerprint density at radius 1 is 1.38 bits per heavy atom. The zero-order valence-electron chi connectivity index (χ0n) is 9.28. The highest BCUT2D eigenvalue weighted by Gasteiger charge is 2.21. The first kappa shape index (κ1) is 12.7. The van der Waals surface area contributed by atoms with Gasteiger partial charge in [0.1, 0.15) is 0 Å². The molecule has 0 spiro atoms. The van der Waals surface area contributed by atoms with E-state index in [0.717, 1.165) is 10.0 Å². The lowest BCUT2D eigenvalue weighted by molar-refractivity contribution is -0.151. The topological polar surface area (TPSA) is 46.6 Å². The number of nitrogens with zero attached hydrogens (tertiary/aromatic N) is 1. The molecule has 0 N–H and O–H groups in total. The molecule has 0 aliphatic rings. The summed E-state index contributed by atoms with van der Waals surface area (Å²) in [7, 11) is 2.72. The van der Waals surface area contributed by atoms with E-state index in [1.807, 2.05) is 19.1 Å². The van der Waals surface area contributed by atoms with E-state index in [2.05, 4.69) is 20.7 Å². The maximum atomic E-state index is 11.6. The van der Waals surface area contributed by atoms with Crippen LogP contribution in [-0.4, -0.2) is 26.0 Å². The maximum Gasteiger partial charge on any atom is 0.397 e. The number of benzene rings is 1. The van der Waals surface area contributed by atoms with Gasteiger partial charge in [0, 0.05) is 17.2 Å². The summed E-state index contributed by atoms with van der Waals surface area (Å²) in [5.74, 6) is -1.56. The van der Waals surface area contributed by atoms with Crippen LogP contribution in [0.4, 0.5) is 5.69 Å². The van der Waals surface area contributed by atoms with E-state index in [1.165, 1.54) is 19.1 Å². The van der Waals surface area contributed by atoms with E-state index in [9.17, 15) is 9.59 Å². The third-order valence-electron chi connectivity index (χ3n) is 2.20. The minimum atomic E-state index is -0.873. The van der Waals surface area contributed by atoms with E-state index in [-0.39, 0.29) is 0 Å². The normalized spacial score (nSPS) is 9.75. The second-order valence-corrected chi connectivity index (χ2v) is 4.20. The maximum absolute atomic E-state index is 11.6. The molecule has 0 fully saturated rings. The SMILES string of the molecule is COC(=O)C(=O)N(C)c1cc(Br)ccc1C. The molecule has 1 aromatic carbocycles. The van der Waals surface area contributed by atoms with Crippen molar-refractivity contribution in [1.29, 1.82) is 0 Å². The number of esters is 1. The zero-order chi connectivity index (χ0) is 12.3. The molecule has 0 aliphatic heterocycles. The van der Waals surface area contributed by atoms with Gasteiger partial charge in [-0.25, -0.2) is 4.79 Å². The van der Waals surface area contributed by atoms with Gasteiger partial charge in [0.15, 0.2) is 0 Å². The van der Waals surface area contributed by atoms with Gasteiger partial charge in [-0.05, 0) is 24.6 Å². The Hall–Kier alpha value is -1.36. The fraction of sp³-hybridized carbons (Fsp3) is 0.273. The molecule has 16 heavy (non-hydrogen) atoms. The van der Waals surface area contributed by atoms with Gasteiger partial charge in [-0.15, -0.1) is 0 Å². The first-order chi connectivity index (χ1) is 7.47. The monoisotopic (exact) mass is 285 g/mol. The van der Waals surface area contributed by atoms with Crippen molar-refractivity contribution in [1.82, 2.24) is 0 Å². The third kappa shape index (κ3) is 2.61. The molecular formula is C11H12BrNO3. The second-order valence-electron chi connectivity index (χ2n) is 3.29. The predicted octanol–water partition coefficient (Wildman–Crippen LogP) is 1.89. The Morgan fingerprint density at radius 2 is 2.00 bits per heavy atom. The number of halogens is 1. The lowest BCUT2D eigenvalue weighted by Gasteiger charge is -2.18. The fourth-order valence-corrected chi connectivity index (χ4v) is 1.63. The number of hydrogen-bond acceptors (Lipinski definition) is 3. The lowest BCUT2D eigenvalue weighted by Crippen LogP contribution is -2.34. The van der Waals surface area contributed by atoms with Crippen molar-refractivity contribution in [2.75, 3.05) is 19.1 Å². The van der Waals surface area contributed by atoms with Crippen molar-refractivity contribution in [3.05, 3.63) is 28.2 Å². The number of rotatable bonds is 1. The molecule has 0 atom stereocenters. The molecule has 1 aromatic rings. The Bertz CT molecular complexity index is 431. The second kappa shape index (κ2) is 5.12. The standard InChI is InChI=1S/C11H12BrNO3/c1-7-4-5-8(12)6-9(7)13(2)10(14)11(15)16-3/h4-6H,1-3H3. The Morgan fingerprint density at radius 3 is 2.56 bits per heavy atom. The molecule has 0 bridgehead atoms. The van der Waals surface area contributed by atoms with Gasteiger partial charge in [-0.1, -0.05) is 22.0 Å². The highest BCUT2D eigenvalue weighted by atomic mass is 79.9. The van der Waals surface area contributed by atoms with Crippen LogP contribution in [0.5, 0.6) is 0 Å². The van der Waals surface area contributed by atoms with E-state index in [1.54, 1.807) is 6.07 Å². The number of carbonyl (C=O) groups excluding carboxylic acids is 2. The molecule has 0 aromatic heterocycles. The summed E-state index contributed by atoms with van der Waals surface area (Å²) in [6, 6.07) is 5.51. The molecule has 4 nitrogen and oxygen atoms in total. The van der Waals surface area contributed by atoms with Gasteiger partial charge in [0.05, 0.1) is 7.11 Å². The number of amides is 1. The van der Waals surface area contributed by atoms with Crippen LogP contribution >= 0.6 is 15.9 Å². The summed E-state index contributed by atoms with van der Waals surface area (Å²) in [5.41, 5.74) is 1.58. The lowest BCUT2D eigenvalue weighted by atomic mass is 10.2. The van der Waals surface area contributed by atoms with Crippen LogP contribution in [-0.2, 0) is 14.3 Å². The fourth-order valence-electron chi connectivity index (χ4n) is 1.28. The molecule has 0 aliphatic carbocycles. The number of aryl methyl sites for hydroxylation is 1. The average molecular weight is 286 g/mol. The summed E-state index contributed by atoms with van der Waals surface area (Å²) in [4.78, 5) is 23.9. The molecule has 0 saturated heterocycles. The number of ether oxygens (including phenoxy) is 1. The molecule has 5 heteroatoms. The smallest absolute Gasteiger partial charge is 0.397 e. The van der Waals surface area contributed by atoms with Crippen molar-refractivity contribution in [2.24, 2.45) is 0 Å². The van der Waals surface area contributed by atoms with Crippen molar-refractivity contribution < 1.29 is 14.3 Å². The van der Waals surface area contributed by atoms with Crippen LogP contribution in [0.2, 0.25) is 0 Å². The molecular weight excluding hydrogens is 274 g/mol. The molecule has 0 heterocycles. The van der Waals surface area contributed by atoms with Gasteiger partial charge in [0.25, 0.3) is 0 Å². The van der Waals surface area contributed by atoms with Crippen molar-refractivity contribution in [3.8, 4) is 0 Å². The van der Waals surface area contributed by atoms with Crippen LogP contribution < -0.4 is 4.90 Å². The number of hydrogen-bond donors (Lipinski definition) is 0. The van der Waals surface area contributed by atoms with E-state index in [4.69, 9.17) is 0 Å². The average Bonchev–Trinajstić information content (AvgIpc) is 2.29. The van der Waals surface area contributed by atoms with Crippen LogP contribution in [0.3, 0.4) is 0 Å². The Balaban J connectivity index is 3.04. The summed E-state index contributed by atoms with van der Waals surface area (Å²) >= 11 is 3.31. The van der Waals surface area contributed by atoms with Crippen LogP contribution in [0, 0.1) is 6.92 Å². The molecule has 1 rings (SSSR count). The van der Waals surface area contributed by atoms with Gasteiger partial charge >= 0.3 is 11.9 Å². The van der Waals surface area contributed by atoms with Crippen molar-refractivity contribution in [2.45, 2.75) is 6.92 Å². The number of carbonyl (C=O) groups is 2. The highest BCUT2D eigenvalue weighted by molar-refractivity contribution is 9.10. The number of likely N-dealkylation sites (N-methyl/N-ethyl adjacent to an activating group) is 1.